The monoisotopic (exact) mass is 423 g/mol. The van der Waals surface area contributed by atoms with Crippen LogP contribution in [-0.2, 0) is 17.8 Å². The molecule has 7 nitrogen and oxygen atoms in total. The second-order valence-corrected chi connectivity index (χ2v) is 7.52. The van der Waals surface area contributed by atoms with Crippen molar-refractivity contribution in [2.45, 2.75) is 29.8 Å². The fourth-order valence-electron chi connectivity index (χ4n) is 2.97. The van der Waals surface area contributed by atoms with Crippen LogP contribution in [0.25, 0.3) is 5.65 Å². The molecule has 0 aliphatic heterocycles. The zero-order valence-electron chi connectivity index (χ0n) is 16.1. The number of halogens is 1. The summed E-state index contributed by atoms with van der Waals surface area (Å²) in [7, 11) is 0. The lowest BCUT2D eigenvalue weighted by Crippen LogP contribution is -2.28. The summed E-state index contributed by atoms with van der Waals surface area (Å²) in [6.07, 6.45) is 3.93. The van der Waals surface area contributed by atoms with Gasteiger partial charge in [0, 0.05) is 23.0 Å². The Kier molecular flexibility index (Phi) is 5.62. The number of fused-ring (bicyclic) bond motifs is 1. The lowest BCUT2D eigenvalue weighted by Gasteiger charge is -2.06. The second kappa shape index (κ2) is 8.50. The lowest BCUT2D eigenvalue weighted by molar-refractivity contribution is -0.117. The van der Waals surface area contributed by atoms with E-state index in [1.807, 2.05) is 24.3 Å². The Hall–Kier alpha value is -3.46. The van der Waals surface area contributed by atoms with Crippen molar-refractivity contribution in [2.75, 3.05) is 5.32 Å². The Balaban J connectivity index is 1.60. The molecule has 2 aromatic heterocycles. The molecule has 2 heterocycles. The number of benzene rings is 2. The number of amides is 1. The predicted octanol–water partition coefficient (Wildman–Crippen LogP) is 3.38. The smallest absolute Gasteiger partial charge is 0.324 e. The van der Waals surface area contributed by atoms with Gasteiger partial charge in [0.05, 0.1) is 0 Å². The van der Waals surface area contributed by atoms with Gasteiger partial charge in [-0.25, -0.2) is 23.3 Å². The number of hydrogen-bond donors (Lipinski definition) is 1. The maximum Gasteiger partial charge on any atom is 0.350 e. The molecular weight excluding hydrogens is 405 g/mol. The molecule has 0 atom stereocenters. The number of carbonyl (C=O) groups is 1. The van der Waals surface area contributed by atoms with Crippen LogP contribution in [0.15, 0.2) is 75.6 Å². The van der Waals surface area contributed by atoms with Gasteiger partial charge in [0.2, 0.25) is 5.91 Å². The molecular formula is C21H18FN5O2S. The average molecular weight is 423 g/mol. The highest BCUT2D eigenvalue weighted by Gasteiger charge is 2.16. The number of rotatable bonds is 6. The van der Waals surface area contributed by atoms with Crippen molar-refractivity contribution in [3.63, 3.8) is 0 Å². The molecule has 0 aliphatic carbocycles. The van der Waals surface area contributed by atoms with E-state index in [0.717, 1.165) is 16.0 Å². The standard InChI is InChI=1S/C21H18FN5O2S/c1-2-14-5-3-4-6-17(14)30-20-19-25-27(21(29)26(19)12-11-23-20)13-18(28)24-16-9-7-15(22)8-10-16/h3-12H,2,13H2,1H3,(H,24,28). The molecule has 4 aromatic rings. The van der Waals surface area contributed by atoms with Gasteiger partial charge in [0.15, 0.2) is 5.65 Å². The van der Waals surface area contributed by atoms with Crippen molar-refractivity contribution in [2.24, 2.45) is 0 Å². The van der Waals surface area contributed by atoms with Crippen molar-refractivity contribution in [3.05, 3.63) is 82.8 Å². The molecule has 4 rings (SSSR count). The van der Waals surface area contributed by atoms with Gasteiger partial charge >= 0.3 is 5.69 Å². The molecule has 1 N–H and O–H groups in total. The molecule has 0 saturated heterocycles. The van der Waals surface area contributed by atoms with Gasteiger partial charge in [0.1, 0.15) is 17.4 Å². The van der Waals surface area contributed by atoms with Crippen LogP contribution >= 0.6 is 11.8 Å². The molecule has 0 bridgehead atoms. The molecule has 0 saturated carbocycles. The molecule has 30 heavy (non-hydrogen) atoms. The van der Waals surface area contributed by atoms with E-state index in [2.05, 4.69) is 22.3 Å². The van der Waals surface area contributed by atoms with Gasteiger partial charge in [-0.05, 0) is 42.3 Å². The highest BCUT2D eigenvalue weighted by atomic mass is 32.2. The van der Waals surface area contributed by atoms with Gasteiger partial charge < -0.3 is 5.32 Å². The van der Waals surface area contributed by atoms with E-state index in [0.29, 0.717) is 16.4 Å². The quantitative estimate of drug-likeness (QED) is 0.514. The number of nitrogens with zero attached hydrogens (tertiary/aromatic N) is 4. The number of hydrogen-bond acceptors (Lipinski definition) is 5. The SMILES string of the molecule is CCc1ccccc1Sc1nccn2c(=O)n(CC(=O)Nc3ccc(F)cc3)nc12. The van der Waals surface area contributed by atoms with Crippen LogP contribution in [0.2, 0.25) is 0 Å². The number of anilines is 1. The zero-order valence-corrected chi connectivity index (χ0v) is 16.9. The van der Waals surface area contributed by atoms with Crippen molar-refractivity contribution >= 4 is 29.0 Å². The third kappa shape index (κ3) is 4.11. The minimum absolute atomic E-state index is 0.270. The van der Waals surface area contributed by atoms with E-state index in [1.54, 1.807) is 0 Å². The number of aromatic nitrogens is 4. The topological polar surface area (TPSA) is 81.3 Å². The van der Waals surface area contributed by atoms with Crippen LogP contribution in [0, 0.1) is 5.82 Å². The Morgan fingerprint density at radius 1 is 1.17 bits per heavy atom. The summed E-state index contributed by atoms with van der Waals surface area (Å²) in [4.78, 5) is 30.4. The first kappa shape index (κ1) is 19.8. The van der Waals surface area contributed by atoms with Crippen molar-refractivity contribution in [3.8, 4) is 0 Å². The van der Waals surface area contributed by atoms with E-state index in [-0.39, 0.29) is 6.54 Å². The number of aryl methyl sites for hydroxylation is 1. The predicted molar refractivity (Wildman–Crippen MR) is 112 cm³/mol. The van der Waals surface area contributed by atoms with Gasteiger partial charge in [-0.15, -0.1) is 5.10 Å². The maximum absolute atomic E-state index is 13.0. The molecule has 0 aliphatic rings. The van der Waals surface area contributed by atoms with Crippen LogP contribution < -0.4 is 11.0 Å². The van der Waals surface area contributed by atoms with E-state index >= 15 is 0 Å². The molecule has 0 fully saturated rings. The Morgan fingerprint density at radius 3 is 2.70 bits per heavy atom. The minimum Gasteiger partial charge on any atom is -0.324 e. The first-order chi connectivity index (χ1) is 14.5. The summed E-state index contributed by atoms with van der Waals surface area (Å²) in [5, 5.41) is 7.52. The van der Waals surface area contributed by atoms with Gasteiger partial charge in [0.25, 0.3) is 0 Å². The van der Waals surface area contributed by atoms with Crippen LogP contribution in [0.4, 0.5) is 10.1 Å². The highest BCUT2D eigenvalue weighted by molar-refractivity contribution is 7.99. The molecule has 9 heteroatoms. The normalized spacial score (nSPS) is 11.0. The molecule has 152 valence electrons. The summed E-state index contributed by atoms with van der Waals surface area (Å²) >= 11 is 1.43. The van der Waals surface area contributed by atoms with Gasteiger partial charge in [-0.1, -0.05) is 36.9 Å². The summed E-state index contributed by atoms with van der Waals surface area (Å²) < 4.78 is 15.5. The summed E-state index contributed by atoms with van der Waals surface area (Å²) in [5.74, 6) is -0.836. The van der Waals surface area contributed by atoms with E-state index < -0.39 is 17.4 Å². The molecule has 1 amide bonds. The van der Waals surface area contributed by atoms with Crippen molar-refractivity contribution < 1.29 is 9.18 Å². The molecule has 2 aromatic carbocycles. The summed E-state index contributed by atoms with van der Waals surface area (Å²) in [6, 6.07) is 13.4. The third-order valence-electron chi connectivity index (χ3n) is 4.45. The Morgan fingerprint density at radius 2 is 1.93 bits per heavy atom. The van der Waals surface area contributed by atoms with Gasteiger partial charge in [-0.3, -0.25) is 4.79 Å². The van der Waals surface area contributed by atoms with E-state index in [1.165, 1.54) is 58.4 Å². The summed E-state index contributed by atoms with van der Waals surface area (Å²) in [5.41, 5.74) is 1.55. The first-order valence-corrected chi connectivity index (χ1v) is 10.1. The van der Waals surface area contributed by atoms with E-state index in [9.17, 15) is 14.0 Å². The largest absolute Gasteiger partial charge is 0.350 e. The minimum atomic E-state index is -0.439. The van der Waals surface area contributed by atoms with Crippen LogP contribution in [0.1, 0.15) is 12.5 Å². The molecule has 0 radical (unpaired) electrons. The maximum atomic E-state index is 13.0. The Bertz CT molecular complexity index is 1270. The highest BCUT2D eigenvalue weighted by Crippen LogP contribution is 2.30. The molecule has 0 spiro atoms. The molecule has 0 unspecified atom stereocenters. The van der Waals surface area contributed by atoms with Crippen molar-refractivity contribution in [1.82, 2.24) is 19.2 Å². The van der Waals surface area contributed by atoms with Crippen LogP contribution in [0.3, 0.4) is 0 Å². The zero-order chi connectivity index (χ0) is 21.1. The fraction of sp³-hybridized carbons (Fsp3) is 0.143. The second-order valence-electron chi connectivity index (χ2n) is 6.48. The van der Waals surface area contributed by atoms with Crippen LogP contribution in [-0.4, -0.2) is 25.1 Å². The number of nitrogens with one attached hydrogen (secondary N) is 1. The number of carbonyl (C=O) groups excluding carboxylic acids is 1. The Labute approximate surface area is 175 Å². The average Bonchev–Trinajstić information content (AvgIpc) is 3.06. The van der Waals surface area contributed by atoms with Crippen LogP contribution in [0.5, 0.6) is 0 Å². The first-order valence-electron chi connectivity index (χ1n) is 9.30. The van der Waals surface area contributed by atoms with E-state index in [4.69, 9.17) is 0 Å². The van der Waals surface area contributed by atoms with Crippen molar-refractivity contribution in [1.29, 1.82) is 0 Å². The van der Waals surface area contributed by atoms with Gasteiger partial charge in [-0.2, -0.15) is 0 Å². The third-order valence-corrected chi connectivity index (χ3v) is 5.55. The summed E-state index contributed by atoms with van der Waals surface area (Å²) in [6.45, 7) is 1.81. The lowest BCUT2D eigenvalue weighted by atomic mass is 10.2. The fourth-order valence-corrected chi connectivity index (χ4v) is 4.01.